The summed E-state index contributed by atoms with van der Waals surface area (Å²) in [5.74, 6) is 0.983. The van der Waals surface area contributed by atoms with Gasteiger partial charge in [0.25, 0.3) is 5.91 Å². The molecule has 1 aromatic carbocycles. The SMILES string of the molecule is Cc1ccc(OCC(=O)N2CCC3(CC2)OCCc2cnc(N)nc23)cc1C. The summed E-state index contributed by atoms with van der Waals surface area (Å²) < 4.78 is 11.9. The van der Waals surface area contributed by atoms with Crippen LogP contribution in [0.4, 0.5) is 5.95 Å². The number of nitrogen functional groups attached to an aromatic ring is 1. The third kappa shape index (κ3) is 3.54. The lowest BCUT2D eigenvalue weighted by Crippen LogP contribution is -2.49. The first-order valence-corrected chi connectivity index (χ1v) is 9.70. The summed E-state index contributed by atoms with van der Waals surface area (Å²) in [6.45, 7) is 5.99. The molecule has 2 aliphatic rings. The predicted octanol–water partition coefficient (Wildman–Crippen LogP) is 2.15. The second kappa shape index (κ2) is 7.39. The smallest absolute Gasteiger partial charge is 0.260 e. The Bertz CT molecular complexity index is 891. The van der Waals surface area contributed by atoms with Crippen LogP contribution in [-0.4, -0.2) is 47.1 Å². The van der Waals surface area contributed by atoms with Crippen LogP contribution in [-0.2, 0) is 21.6 Å². The quantitative estimate of drug-likeness (QED) is 0.875. The van der Waals surface area contributed by atoms with E-state index in [1.165, 1.54) is 5.56 Å². The van der Waals surface area contributed by atoms with E-state index in [0.717, 1.165) is 29.0 Å². The molecule has 1 aromatic heterocycles. The number of rotatable bonds is 3. The van der Waals surface area contributed by atoms with Crippen molar-refractivity contribution in [3.8, 4) is 5.75 Å². The Morgan fingerprint density at radius 2 is 2.07 bits per heavy atom. The van der Waals surface area contributed by atoms with Gasteiger partial charge in [0.05, 0.1) is 12.3 Å². The second-order valence-electron chi connectivity index (χ2n) is 7.61. The first kappa shape index (κ1) is 18.7. The lowest BCUT2D eigenvalue weighted by Gasteiger charge is -2.43. The number of piperidine rings is 1. The number of fused-ring (bicyclic) bond motifs is 2. The van der Waals surface area contributed by atoms with Crippen LogP contribution in [0.15, 0.2) is 24.4 Å². The van der Waals surface area contributed by atoms with Crippen LogP contribution in [0.5, 0.6) is 5.75 Å². The minimum absolute atomic E-state index is 0.00804. The van der Waals surface area contributed by atoms with Crippen molar-refractivity contribution < 1.29 is 14.3 Å². The van der Waals surface area contributed by atoms with Crippen molar-refractivity contribution in [1.82, 2.24) is 14.9 Å². The van der Waals surface area contributed by atoms with E-state index in [1.54, 1.807) is 6.20 Å². The Morgan fingerprint density at radius 1 is 1.29 bits per heavy atom. The van der Waals surface area contributed by atoms with Crippen LogP contribution in [0.3, 0.4) is 0 Å². The monoisotopic (exact) mass is 382 g/mol. The van der Waals surface area contributed by atoms with Gasteiger partial charge in [-0.25, -0.2) is 9.97 Å². The molecule has 7 heteroatoms. The zero-order chi connectivity index (χ0) is 19.7. The number of carbonyl (C=O) groups is 1. The molecule has 0 atom stereocenters. The molecule has 1 fully saturated rings. The van der Waals surface area contributed by atoms with Gasteiger partial charge in [0, 0.05) is 19.3 Å². The van der Waals surface area contributed by atoms with E-state index < -0.39 is 5.60 Å². The lowest BCUT2D eigenvalue weighted by atomic mass is 9.83. The van der Waals surface area contributed by atoms with Crippen LogP contribution in [0, 0.1) is 13.8 Å². The summed E-state index contributed by atoms with van der Waals surface area (Å²) in [6, 6.07) is 5.87. The van der Waals surface area contributed by atoms with E-state index >= 15 is 0 Å². The Labute approximate surface area is 164 Å². The van der Waals surface area contributed by atoms with Crippen molar-refractivity contribution >= 4 is 11.9 Å². The Morgan fingerprint density at radius 3 is 2.82 bits per heavy atom. The van der Waals surface area contributed by atoms with E-state index in [9.17, 15) is 4.79 Å². The molecule has 1 saturated heterocycles. The summed E-state index contributed by atoms with van der Waals surface area (Å²) in [7, 11) is 0. The molecule has 0 aliphatic carbocycles. The summed E-state index contributed by atoms with van der Waals surface area (Å²) in [5.41, 5.74) is 9.69. The van der Waals surface area contributed by atoms with Gasteiger partial charge < -0.3 is 20.1 Å². The molecule has 2 aliphatic heterocycles. The number of hydrogen-bond donors (Lipinski definition) is 1. The fraction of sp³-hybridized carbons (Fsp3) is 0.476. The highest BCUT2D eigenvalue weighted by atomic mass is 16.5. The maximum Gasteiger partial charge on any atom is 0.260 e. The zero-order valence-corrected chi connectivity index (χ0v) is 16.4. The van der Waals surface area contributed by atoms with E-state index in [1.807, 2.05) is 30.0 Å². The number of nitrogens with zero attached hydrogens (tertiary/aromatic N) is 3. The number of hydrogen-bond acceptors (Lipinski definition) is 6. The highest BCUT2D eigenvalue weighted by molar-refractivity contribution is 5.78. The summed E-state index contributed by atoms with van der Waals surface area (Å²) >= 11 is 0. The van der Waals surface area contributed by atoms with Crippen LogP contribution in [0.1, 0.15) is 35.2 Å². The molecule has 1 amide bonds. The van der Waals surface area contributed by atoms with Gasteiger partial charge >= 0.3 is 0 Å². The number of anilines is 1. The third-order valence-corrected chi connectivity index (χ3v) is 5.83. The van der Waals surface area contributed by atoms with Gasteiger partial charge in [-0.05, 0) is 61.9 Å². The van der Waals surface area contributed by atoms with E-state index in [0.29, 0.717) is 32.5 Å². The number of aryl methyl sites for hydroxylation is 2. The third-order valence-electron chi connectivity index (χ3n) is 5.83. The minimum atomic E-state index is -0.462. The molecule has 7 nitrogen and oxygen atoms in total. The molecular formula is C21H26N4O3. The Kier molecular flexibility index (Phi) is 4.93. The number of likely N-dealkylation sites (tertiary alicyclic amines) is 1. The van der Waals surface area contributed by atoms with Gasteiger partial charge in [0.2, 0.25) is 5.95 Å². The number of aromatic nitrogens is 2. The average molecular weight is 382 g/mol. The van der Waals surface area contributed by atoms with Crippen molar-refractivity contribution in [2.45, 2.75) is 38.7 Å². The molecule has 28 heavy (non-hydrogen) atoms. The normalized spacial score (nSPS) is 18.0. The molecule has 0 radical (unpaired) electrons. The van der Waals surface area contributed by atoms with E-state index in [-0.39, 0.29) is 18.5 Å². The minimum Gasteiger partial charge on any atom is -0.484 e. The van der Waals surface area contributed by atoms with Gasteiger partial charge in [-0.2, -0.15) is 0 Å². The number of nitrogens with two attached hydrogens (primary N) is 1. The predicted molar refractivity (Wildman–Crippen MR) is 105 cm³/mol. The lowest BCUT2D eigenvalue weighted by molar-refractivity contribution is -0.143. The topological polar surface area (TPSA) is 90.6 Å². The van der Waals surface area contributed by atoms with Crippen molar-refractivity contribution in [1.29, 1.82) is 0 Å². The fourth-order valence-corrected chi connectivity index (χ4v) is 3.96. The van der Waals surface area contributed by atoms with Gasteiger partial charge in [-0.15, -0.1) is 0 Å². The molecule has 3 heterocycles. The van der Waals surface area contributed by atoms with Crippen LogP contribution >= 0.6 is 0 Å². The zero-order valence-electron chi connectivity index (χ0n) is 16.4. The van der Waals surface area contributed by atoms with Crippen LogP contribution in [0.25, 0.3) is 0 Å². The number of ether oxygens (including phenoxy) is 2. The van der Waals surface area contributed by atoms with E-state index in [4.69, 9.17) is 15.2 Å². The maximum atomic E-state index is 12.6. The van der Waals surface area contributed by atoms with Gasteiger partial charge in [0.15, 0.2) is 6.61 Å². The number of carbonyl (C=O) groups excluding carboxylic acids is 1. The molecular weight excluding hydrogens is 356 g/mol. The van der Waals surface area contributed by atoms with E-state index in [2.05, 4.69) is 16.9 Å². The maximum absolute atomic E-state index is 12.6. The van der Waals surface area contributed by atoms with Gasteiger partial charge in [-0.3, -0.25) is 4.79 Å². The molecule has 0 unspecified atom stereocenters. The Hall–Kier alpha value is -2.67. The molecule has 4 rings (SSSR count). The van der Waals surface area contributed by atoms with Crippen molar-refractivity contribution in [3.63, 3.8) is 0 Å². The fourth-order valence-electron chi connectivity index (χ4n) is 3.96. The number of benzene rings is 1. The molecule has 1 spiro atoms. The summed E-state index contributed by atoms with van der Waals surface area (Å²) in [5, 5.41) is 0. The van der Waals surface area contributed by atoms with Crippen LogP contribution in [0.2, 0.25) is 0 Å². The number of amides is 1. The second-order valence-corrected chi connectivity index (χ2v) is 7.61. The van der Waals surface area contributed by atoms with Crippen molar-refractivity contribution in [2.75, 3.05) is 32.0 Å². The van der Waals surface area contributed by atoms with Gasteiger partial charge in [-0.1, -0.05) is 6.07 Å². The first-order chi connectivity index (χ1) is 13.5. The summed E-state index contributed by atoms with van der Waals surface area (Å²) in [4.78, 5) is 23.0. The van der Waals surface area contributed by atoms with Crippen LogP contribution < -0.4 is 10.5 Å². The first-order valence-electron chi connectivity index (χ1n) is 9.70. The molecule has 2 aromatic rings. The highest BCUT2D eigenvalue weighted by Gasteiger charge is 2.43. The van der Waals surface area contributed by atoms with Crippen molar-refractivity contribution in [3.05, 3.63) is 46.8 Å². The summed E-state index contributed by atoms with van der Waals surface area (Å²) in [6.07, 6.45) is 4.00. The van der Waals surface area contributed by atoms with Crippen molar-refractivity contribution in [2.24, 2.45) is 0 Å². The van der Waals surface area contributed by atoms with Gasteiger partial charge in [0.1, 0.15) is 11.4 Å². The average Bonchev–Trinajstić information content (AvgIpc) is 2.70. The largest absolute Gasteiger partial charge is 0.484 e. The highest BCUT2D eigenvalue weighted by Crippen LogP contribution is 2.40. The standard InChI is InChI=1S/C21H26N4O3/c1-14-3-4-17(11-15(14)2)27-13-18(26)25-8-6-21(7-9-25)19-16(5-10-28-21)12-23-20(22)24-19/h3-4,11-12H,5-10,13H2,1-2H3,(H2,22,23,24). The molecule has 0 saturated carbocycles. The molecule has 148 valence electrons. The molecule has 0 bridgehead atoms. The Balaban J connectivity index is 1.38. The molecule has 2 N–H and O–H groups in total.